The molecule has 84 valence electrons. The van der Waals surface area contributed by atoms with Gasteiger partial charge in [-0.2, -0.15) is 0 Å². The second kappa shape index (κ2) is 6.38. The van der Waals surface area contributed by atoms with Crippen LogP contribution in [0.25, 0.3) is 0 Å². The second-order valence-electron chi connectivity index (χ2n) is 4.17. The minimum Gasteiger partial charge on any atom is -0.380 e. The molecule has 0 amide bonds. The first-order valence-electron chi connectivity index (χ1n) is 5.76. The van der Waals surface area contributed by atoms with Gasteiger partial charge >= 0.3 is 0 Å². The Bertz CT molecular complexity index is 146. The molecule has 1 heterocycles. The first-order chi connectivity index (χ1) is 6.75. The minimum absolute atomic E-state index is 0.528. The maximum Gasteiger partial charge on any atom is 0.0618 e. The molecular formula is C11H24N2O. The lowest BCUT2D eigenvalue weighted by atomic mass is 10.1. The molecule has 1 N–H and O–H groups in total. The Morgan fingerprint density at radius 3 is 2.93 bits per heavy atom. The average Bonchev–Trinajstić information content (AvgIpc) is 2.26. The number of nitrogens with zero attached hydrogens (tertiary/aromatic N) is 1. The minimum atomic E-state index is 0.528. The van der Waals surface area contributed by atoms with Crippen LogP contribution in [0.5, 0.6) is 0 Å². The van der Waals surface area contributed by atoms with Crippen molar-refractivity contribution in [3.63, 3.8) is 0 Å². The molecule has 3 nitrogen and oxygen atoms in total. The second-order valence-corrected chi connectivity index (χ2v) is 4.17. The normalized spacial score (nSPS) is 25.3. The van der Waals surface area contributed by atoms with E-state index in [2.05, 4.69) is 31.1 Å². The van der Waals surface area contributed by atoms with Gasteiger partial charge in [-0.3, -0.25) is 4.90 Å². The number of hydrogen-bond acceptors (Lipinski definition) is 3. The summed E-state index contributed by atoms with van der Waals surface area (Å²) in [5.74, 6) is 0. The van der Waals surface area contributed by atoms with Gasteiger partial charge in [0.25, 0.3) is 0 Å². The van der Waals surface area contributed by atoms with E-state index in [1.165, 1.54) is 19.4 Å². The van der Waals surface area contributed by atoms with Gasteiger partial charge in [-0.25, -0.2) is 0 Å². The van der Waals surface area contributed by atoms with E-state index in [0.717, 1.165) is 19.8 Å². The summed E-state index contributed by atoms with van der Waals surface area (Å²) >= 11 is 0. The van der Waals surface area contributed by atoms with Crippen LogP contribution in [-0.2, 0) is 4.74 Å². The predicted molar refractivity (Wildman–Crippen MR) is 59.6 cm³/mol. The Morgan fingerprint density at radius 1 is 1.57 bits per heavy atom. The summed E-state index contributed by atoms with van der Waals surface area (Å²) in [6.07, 6.45) is 2.62. The van der Waals surface area contributed by atoms with Crippen LogP contribution in [0, 0.1) is 0 Å². The van der Waals surface area contributed by atoms with Crippen LogP contribution < -0.4 is 5.32 Å². The molecule has 1 saturated heterocycles. The summed E-state index contributed by atoms with van der Waals surface area (Å²) in [6.45, 7) is 8.28. The fourth-order valence-electron chi connectivity index (χ4n) is 1.95. The fraction of sp³-hybridized carbons (Fsp3) is 1.00. The average molecular weight is 200 g/mol. The zero-order valence-electron chi connectivity index (χ0n) is 9.75. The molecule has 0 bridgehead atoms. The van der Waals surface area contributed by atoms with Crippen LogP contribution in [0.4, 0.5) is 0 Å². The van der Waals surface area contributed by atoms with E-state index in [-0.39, 0.29) is 0 Å². The smallest absolute Gasteiger partial charge is 0.0618 e. The van der Waals surface area contributed by atoms with Crippen LogP contribution in [0.15, 0.2) is 0 Å². The highest BCUT2D eigenvalue weighted by Crippen LogP contribution is 2.11. The molecule has 0 saturated carbocycles. The monoisotopic (exact) mass is 200 g/mol. The van der Waals surface area contributed by atoms with Gasteiger partial charge in [-0.1, -0.05) is 0 Å². The molecule has 1 aliphatic rings. The van der Waals surface area contributed by atoms with Crippen molar-refractivity contribution >= 4 is 0 Å². The molecule has 1 rings (SSSR count). The molecule has 14 heavy (non-hydrogen) atoms. The maximum atomic E-state index is 5.45. The number of rotatable bonds is 5. The molecule has 0 spiro atoms. The highest BCUT2D eigenvalue weighted by Gasteiger charge is 2.21. The molecule has 0 aromatic rings. The van der Waals surface area contributed by atoms with E-state index < -0.39 is 0 Å². The van der Waals surface area contributed by atoms with Crippen LogP contribution in [-0.4, -0.2) is 50.3 Å². The lowest BCUT2D eigenvalue weighted by molar-refractivity contribution is 0.0596. The van der Waals surface area contributed by atoms with Gasteiger partial charge in [0.2, 0.25) is 0 Å². The summed E-state index contributed by atoms with van der Waals surface area (Å²) in [7, 11) is 2.21. The molecular weight excluding hydrogens is 176 g/mol. The zero-order chi connectivity index (χ0) is 10.4. The Hall–Kier alpha value is -0.120. The maximum absolute atomic E-state index is 5.45. The van der Waals surface area contributed by atoms with Crippen molar-refractivity contribution in [3.05, 3.63) is 0 Å². The van der Waals surface area contributed by atoms with E-state index in [4.69, 9.17) is 4.74 Å². The molecule has 3 heteroatoms. The highest BCUT2D eigenvalue weighted by atomic mass is 16.5. The van der Waals surface area contributed by atoms with Gasteiger partial charge in [-0.15, -0.1) is 0 Å². The van der Waals surface area contributed by atoms with Gasteiger partial charge in [0.05, 0.1) is 6.61 Å². The van der Waals surface area contributed by atoms with Crippen molar-refractivity contribution in [2.24, 2.45) is 0 Å². The van der Waals surface area contributed by atoms with Crippen molar-refractivity contribution < 1.29 is 4.74 Å². The zero-order valence-corrected chi connectivity index (χ0v) is 9.75. The van der Waals surface area contributed by atoms with Crippen molar-refractivity contribution in [1.29, 1.82) is 0 Å². The number of likely N-dealkylation sites (N-methyl/N-ethyl adjacent to an activating group) is 1. The number of ether oxygens (including phenoxy) is 1. The van der Waals surface area contributed by atoms with E-state index in [1.807, 2.05) is 0 Å². The number of piperidine rings is 1. The molecule has 0 aliphatic carbocycles. The number of hydrogen-bond donors (Lipinski definition) is 1. The topological polar surface area (TPSA) is 24.5 Å². The molecule has 1 fully saturated rings. The lowest BCUT2D eigenvalue weighted by Gasteiger charge is -2.35. The van der Waals surface area contributed by atoms with E-state index >= 15 is 0 Å². The predicted octanol–water partition coefficient (Wildman–Crippen LogP) is 1.10. The van der Waals surface area contributed by atoms with E-state index in [9.17, 15) is 0 Å². The van der Waals surface area contributed by atoms with E-state index in [0.29, 0.717) is 12.1 Å². The molecule has 1 aliphatic heterocycles. The largest absolute Gasteiger partial charge is 0.380 e. The Labute approximate surface area is 87.8 Å². The lowest BCUT2D eigenvalue weighted by Crippen LogP contribution is -2.48. The Kier molecular flexibility index (Phi) is 5.45. The third kappa shape index (κ3) is 3.56. The summed E-state index contributed by atoms with van der Waals surface area (Å²) in [5.41, 5.74) is 0. The first kappa shape index (κ1) is 12.0. The van der Waals surface area contributed by atoms with Crippen molar-refractivity contribution in [2.75, 3.05) is 33.4 Å². The summed E-state index contributed by atoms with van der Waals surface area (Å²) in [4.78, 5) is 2.45. The van der Waals surface area contributed by atoms with E-state index in [1.54, 1.807) is 0 Å². The summed E-state index contributed by atoms with van der Waals surface area (Å²) in [5, 5.41) is 3.44. The highest BCUT2D eigenvalue weighted by molar-refractivity contribution is 4.79. The Morgan fingerprint density at radius 2 is 2.36 bits per heavy atom. The molecule has 2 atom stereocenters. The van der Waals surface area contributed by atoms with Gasteiger partial charge in [-0.05, 0) is 40.3 Å². The van der Waals surface area contributed by atoms with Crippen molar-refractivity contribution in [1.82, 2.24) is 10.2 Å². The SMILES string of the molecule is CCOCC(C)N(C)C1CCCNC1. The third-order valence-electron chi connectivity index (χ3n) is 3.11. The quantitative estimate of drug-likeness (QED) is 0.719. The van der Waals surface area contributed by atoms with Gasteiger partial charge in [0, 0.05) is 25.2 Å². The Balaban J connectivity index is 2.26. The van der Waals surface area contributed by atoms with Gasteiger partial charge in [0.15, 0.2) is 0 Å². The van der Waals surface area contributed by atoms with Crippen LogP contribution in [0.3, 0.4) is 0 Å². The number of nitrogens with one attached hydrogen (secondary N) is 1. The molecule has 0 radical (unpaired) electrons. The molecule has 0 aromatic heterocycles. The fourth-order valence-corrected chi connectivity index (χ4v) is 1.95. The molecule has 0 aromatic carbocycles. The van der Waals surface area contributed by atoms with Crippen LogP contribution in [0.2, 0.25) is 0 Å². The standard InChI is InChI=1S/C11H24N2O/c1-4-14-9-10(2)13(3)11-6-5-7-12-8-11/h10-12H,4-9H2,1-3H3. The third-order valence-corrected chi connectivity index (χ3v) is 3.11. The molecule has 2 unspecified atom stereocenters. The van der Waals surface area contributed by atoms with Crippen LogP contribution >= 0.6 is 0 Å². The van der Waals surface area contributed by atoms with Crippen LogP contribution in [0.1, 0.15) is 26.7 Å². The van der Waals surface area contributed by atoms with Crippen molar-refractivity contribution in [2.45, 2.75) is 38.8 Å². The van der Waals surface area contributed by atoms with Crippen molar-refractivity contribution in [3.8, 4) is 0 Å². The van der Waals surface area contributed by atoms with Gasteiger partial charge < -0.3 is 10.1 Å². The van der Waals surface area contributed by atoms with Gasteiger partial charge in [0.1, 0.15) is 0 Å². The summed E-state index contributed by atoms with van der Waals surface area (Å²) in [6, 6.07) is 1.22. The first-order valence-corrected chi connectivity index (χ1v) is 5.76. The summed E-state index contributed by atoms with van der Waals surface area (Å²) < 4.78 is 5.45.